The number of ether oxygens (including phenoxy) is 1. The maximum absolute atomic E-state index is 10.4. The second kappa shape index (κ2) is 4.37. The molecular formula is C11H8ClNO3. The van der Waals surface area contributed by atoms with Gasteiger partial charge in [0.1, 0.15) is 11.3 Å². The first-order valence-electron chi connectivity index (χ1n) is 4.56. The molecule has 16 heavy (non-hydrogen) atoms. The fraction of sp³-hybridized carbons (Fsp3) is 0.0909. The summed E-state index contributed by atoms with van der Waals surface area (Å²) >= 11 is 5.98. The number of aromatic nitrogens is 1. The molecule has 0 saturated heterocycles. The Morgan fingerprint density at radius 3 is 3.00 bits per heavy atom. The molecule has 0 radical (unpaired) electrons. The van der Waals surface area contributed by atoms with E-state index in [-0.39, 0.29) is 0 Å². The minimum atomic E-state index is -1.03. The molecule has 2 rings (SSSR count). The summed E-state index contributed by atoms with van der Waals surface area (Å²) in [4.78, 5) is 14.5. The van der Waals surface area contributed by atoms with Crippen molar-refractivity contribution in [2.24, 2.45) is 0 Å². The van der Waals surface area contributed by atoms with Gasteiger partial charge in [0.05, 0.1) is 5.02 Å². The standard InChI is InChI=1S/C11H8ClNO3/c12-8-3-4-9(16-6-10(14)15)11-7(8)2-1-5-13-11/h1-5H,6H2,(H,14,15)/i1+1,2+1,5+1,6+1,10+1. The smallest absolute Gasteiger partial charge is 0.341 e. The Hall–Kier alpha value is -1.81. The van der Waals surface area contributed by atoms with Gasteiger partial charge in [-0.05, 0) is 24.3 Å². The number of halogens is 1. The highest BCUT2D eigenvalue weighted by Crippen LogP contribution is 2.29. The summed E-state index contributed by atoms with van der Waals surface area (Å²) in [6, 6.07) is 6.83. The third kappa shape index (κ3) is 2.06. The third-order valence-electron chi connectivity index (χ3n) is 2.03. The normalized spacial score (nSPS) is 10.3. The van der Waals surface area contributed by atoms with Crippen molar-refractivity contribution in [1.29, 1.82) is 0 Å². The van der Waals surface area contributed by atoms with Gasteiger partial charge in [0.2, 0.25) is 0 Å². The van der Waals surface area contributed by atoms with Gasteiger partial charge < -0.3 is 9.84 Å². The number of aliphatic carboxylic acids is 1. The predicted molar refractivity (Wildman–Crippen MR) is 59.9 cm³/mol. The first-order chi connectivity index (χ1) is 7.68. The number of hydrogen-bond donors (Lipinski definition) is 1. The summed E-state index contributed by atoms with van der Waals surface area (Å²) < 4.78 is 5.12. The van der Waals surface area contributed by atoms with Crippen LogP contribution in [0.2, 0.25) is 5.02 Å². The molecule has 82 valence electrons. The quantitative estimate of drug-likeness (QED) is 0.840. The van der Waals surface area contributed by atoms with Gasteiger partial charge in [-0.3, -0.25) is 4.98 Å². The molecule has 0 bridgehead atoms. The zero-order valence-corrected chi connectivity index (χ0v) is 8.94. The van der Waals surface area contributed by atoms with Crippen molar-refractivity contribution < 1.29 is 14.6 Å². The van der Waals surface area contributed by atoms with Gasteiger partial charge in [0.15, 0.2) is 6.61 Å². The first kappa shape index (κ1) is 10.7. The largest absolute Gasteiger partial charge is 0.480 e. The zero-order chi connectivity index (χ0) is 11.5. The van der Waals surface area contributed by atoms with Crippen LogP contribution in [-0.2, 0) is 4.79 Å². The van der Waals surface area contributed by atoms with Crippen molar-refractivity contribution in [1.82, 2.24) is 4.98 Å². The van der Waals surface area contributed by atoms with Crippen molar-refractivity contribution >= 4 is 28.5 Å². The van der Waals surface area contributed by atoms with Crippen molar-refractivity contribution in [3.63, 3.8) is 0 Å². The molecule has 0 spiro atoms. The van der Waals surface area contributed by atoms with Gasteiger partial charge >= 0.3 is 5.97 Å². The lowest BCUT2D eigenvalue weighted by Gasteiger charge is -2.07. The van der Waals surface area contributed by atoms with Crippen molar-refractivity contribution in [3.05, 3.63) is 35.5 Å². The summed E-state index contributed by atoms with van der Waals surface area (Å²) in [7, 11) is 0. The van der Waals surface area contributed by atoms with Gasteiger partial charge in [0, 0.05) is 11.6 Å². The molecule has 0 atom stereocenters. The molecule has 1 aromatic heterocycles. The van der Waals surface area contributed by atoms with Gasteiger partial charge in [-0.15, -0.1) is 0 Å². The van der Waals surface area contributed by atoms with Crippen LogP contribution in [0.4, 0.5) is 0 Å². The lowest BCUT2D eigenvalue weighted by molar-refractivity contribution is -0.139. The minimum Gasteiger partial charge on any atom is -0.480 e. The van der Waals surface area contributed by atoms with Crippen LogP contribution in [-0.4, -0.2) is 22.7 Å². The Morgan fingerprint density at radius 2 is 2.25 bits per heavy atom. The summed E-state index contributed by atoms with van der Waals surface area (Å²) in [5.74, 6) is -0.610. The van der Waals surface area contributed by atoms with Gasteiger partial charge in [-0.2, -0.15) is 0 Å². The number of pyridine rings is 1. The van der Waals surface area contributed by atoms with Crippen molar-refractivity contribution in [2.75, 3.05) is 6.61 Å². The van der Waals surface area contributed by atoms with Crippen LogP contribution in [0.1, 0.15) is 0 Å². The number of hydrogen-bond acceptors (Lipinski definition) is 3. The molecule has 1 aromatic carbocycles. The molecule has 0 aliphatic carbocycles. The van der Waals surface area contributed by atoms with E-state index < -0.39 is 12.6 Å². The molecule has 0 aliphatic rings. The second-order valence-electron chi connectivity index (χ2n) is 3.13. The van der Waals surface area contributed by atoms with E-state index in [2.05, 4.69) is 4.98 Å². The van der Waals surface area contributed by atoms with E-state index in [9.17, 15) is 4.79 Å². The van der Waals surface area contributed by atoms with Crippen molar-refractivity contribution in [3.8, 4) is 5.75 Å². The van der Waals surface area contributed by atoms with E-state index in [1.54, 1.807) is 30.5 Å². The molecule has 2 aromatic rings. The maximum atomic E-state index is 10.4. The number of rotatable bonds is 3. The van der Waals surface area contributed by atoms with Gasteiger partial charge in [-0.1, -0.05) is 11.6 Å². The van der Waals surface area contributed by atoms with Gasteiger partial charge in [0.25, 0.3) is 0 Å². The Bertz CT molecular complexity index is 542. The Kier molecular flexibility index (Phi) is 2.92. The van der Waals surface area contributed by atoms with E-state index in [1.807, 2.05) is 0 Å². The summed E-state index contributed by atoms with van der Waals surface area (Å²) in [6.07, 6.45) is 1.60. The number of carbonyl (C=O) groups is 1. The van der Waals surface area contributed by atoms with Crippen LogP contribution in [0.15, 0.2) is 30.5 Å². The topological polar surface area (TPSA) is 59.4 Å². The Morgan fingerprint density at radius 1 is 1.44 bits per heavy atom. The molecule has 0 saturated carbocycles. The molecule has 0 unspecified atom stereocenters. The average molecular weight is 243 g/mol. The third-order valence-corrected chi connectivity index (χ3v) is 2.36. The van der Waals surface area contributed by atoms with Gasteiger partial charge in [-0.25, -0.2) is 4.79 Å². The van der Waals surface area contributed by atoms with Crippen molar-refractivity contribution in [2.45, 2.75) is 0 Å². The van der Waals surface area contributed by atoms with E-state index >= 15 is 0 Å². The fourth-order valence-electron chi connectivity index (χ4n) is 1.37. The Balaban J connectivity index is 2.46. The van der Waals surface area contributed by atoms with Crippen LogP contribution in [0.3, 0.4) is 0 Å². The predicted octanol–water partition coefficient (Wildman–Crippen LogP) is 2.35. The molecule has 0 fully saturated rings. The molecule has 5 heteroatoms. The molecule has 4 nitrogen and oxygen atoms in total. The van der Waals surface area contributed by atoms with Crippen LogP contribution in [0, 0.1) is 0 Å². The summed E-state index contributed by atoms with van der Waals surface area (Å²) in [6.45, 7) is -0.396. The summed E-state index contributed by atoms with van der Waals surface area (Å²) in [5, 5.41) is 9.83. The number of carboxylic acid groups (broad SMARTS) is 1. The van der Waals surface area contributed by atoms with Crippen LogP contribution < -0.4 is 4.74 Å². The lowest BCUT2D eigenvalue weighted by atomic mass is 10.3. The number of fused-ring (bicyclic) bond motifs is 1. The highest BCUT2D eigenvalue weighted by Gasteiger charge is 2.07. The number of nitrogens with zero attached hydrogens (tertiary/aromatic N) is 1. The molecule has 1 heterocycles. The Labute approximate surface area is 96.4 Å². The van der Waals surface area contributed by atoms with E-state index in [4.69, 9.17) is 21.4 Å². The molecule has 1 N–H and O–H groups in total. The SMILES string of the molecule is O=[13C](O)[13CH2]Oc1ccc(Cl)c2[13cH][13cH][13cH]nc12. The molecule has 0 aliphatic heterocycles. The van der Waals surface area contributed by atoms with Crippen LogP contribution >= 0.6 is 11.6 Å². The van der Waals surface area contributed by atoms with E-state index in [0.717, 1.165) is 5.39 Å². The number of carboxylic acids is 1. The van der Waals surface area contributed by atoms with Crippen LogP contribution in [0.25, 0.3) is 10.9 Å². The zero-order valence-electron chi connectivity index (χ0n) is 8.18. The second-order valence-corrected chi connectivity index (χ2v) is 3.53. The highest BCUT2D eigenvalue weighted by molar-refractivity contribution is 6.35. The maximum Gasteiger partial charge on any atom is 0.341 e. The number of benzene rings is 1. The van der Waals surface area contributed by atoms with E-state index in [0.29, 0.717) is 16.3 Å². The molecular weight excluding hydrogens is 235 g/mol. The van der Waals surface area contributed by atoms with E-state index in [1.165, 1.54) is 0 Å². The summed E-state index contributed by atoms with van der Waals surface area (Å²) in [5.41, 5.74) is 0.566. The minimum absolute atomic E-state index is 0.396. The molecule has 0 amide bonds. The average Bonchev–Trinajstić information content (AvgIpc) is 2.28. The first-order valence-corrected chi connectivity index (χ1v) is 4.94. The highest BCUT2D eigenvalue weighted by atomic mass is 35.5. The lowest BCUT2D eigenvalue weighted by Crippen LogP contribution is -2.09. The fourth-order valence-corrected chi connectivity index (χ4v) is 1.58. The monoisotopic (exact) mass is 242 g/mol. The van der Waals surface area contributed by atoms with Crippen LogP contribution in [0.5, 0.6) is 5.75 Å².